The summed E-state index contributed by atoms with van der Waals surface area (Å²) in [4.78, 5) is 0.456. The monoisotopic (exact) mass is 1180 g/mol. The van der Waals surface area contributed by atoms with E-state index < -0.39 is 9.84 Å². The Kier molecular flexibility index (Phi) is 11.9. The molecule has 18 aromatic rings. The van der Waals surface area contributed by atoms with E-state index in [9.17, 15) is 8.42 Å². The minimum absolute atomic E-state index is 0.228. The van der Waals surface area contributed by atoms with Crippen molar-refractivity contribution >= 4 is 97.1 Å². The lowest BCUT2D eigenvalue weighted by molar-refractivity contribution is 0.596. The molecule has 91 heavy (non-hydrogen) atoms. The molecule has 6 nitrogen and oxygen atoms in total. The lowest BCUT2D eigenvalue weighted by Gasteiger charge is -2.12. The first-order valence-corrected chi connectivity index (χ1v) is 32.3. The topological polar surface area (TPSA) is 53.9 Å². The first kappa shape index (κ1) is 52.4. The van der Waals surface area contributed by atoms with Gasteiger partial charge >= 0.3 is 0 Å². The highest BCUT2D eigenvalue weighted by Gasteiger charge is 2.23. The van der Waals surface area contributed by atoms with Crippen molar-refractivity contribution in [3.63, 3.8) is 0 Å². The Balaban J connectivity index is 0.683. The molecule has 7 heteroatoms. The van der Waals surface area contributed by atoms with Crippen molar-refractivity contribution in [1.29, 1.82) is 0 Å². The highest BCUT2D eigenvalue weighted by atomic mass is 32.2. The standard InChI is InChI=1S/C84H54N4O2S/c89-91(90,67-39-33-63(34-40-67)85-77-27-15-13-25-69(77)75-53-65(37-47-83(75)85)87-79-43-29-59(55-17-5-1-6-18-55)49-71(79)72-50-60(30-44-80(72)87)56-19-7-2-8-20-56)68-41-35-64(36-42-68)86-78-28-16-14-26-70(78)76-54-66(38-48-84(76)86)88-81-45-31-61(57-21-9-3-10-22-57)51-73(81)74-52-62(32-46-82(74)88)58-23-11-4-12-24-58/h1-54H. The molecule has 0 aliphatic carbocycles. The lowest BCUT2D eigenvalue weighted by Crippen LogP contribution is -2.03. The summed E-state index contributed by atoms with van der Waals surface area (Å²) < 4.78 is 38.7. The van der Waals surface area contributed by atoms with E-state index in [1.807, 2.05) is 24.3 Å². The number of aromatic nitrogens is 4. The molecule has 428 valence electrons. The van der Waals surface area contributed by atoms with E-state index in [1.54, 1.807) is 24.3 Å². The lowest BCUT2D eigenvalue weighted by atomic mass is 10.0. The van der Waals surface area contributed by atoms with Crippen molar-refractivity contribution in [3.05, 3.63) is 328 Å². The molecule has 18 rings (SSSR count). The van der Waals surface area contributed by atoms with Crippen LogP contribution >= 0.6 is 0 Å². The minimum atomic E-state index is -3.91. The number of nitrogens with zero attached hydrogens (tertiary/aromatic N) is 4. The Labute approximate surface area is 525 Å². The molecule has 0 spiro atoms. The first-order chi connectivity index (χ1) is 44.9. The van der Waals surface area contributed by atoms with Crippen LogP contribution in [-0.4, -0.2) is 26.7 Å². The van der Waals surface area contributed by atoms with Gasteiger partial charge in [0.1, 0.15) is 0 Å². The van der Waals surface area contributed by atoms with Crippen molar-refractivity contribution in [2.24, 2.45) is 0 Å². The molecule has 0 saturated heterocycles. The van der Waals surface area contributed by atoms with Crippen molar-refractivity contribution in [2.75, 3.05) is 0 Å². The SMILES string of the molecule is O=S(=O)(c1ccc(-n2c3ccccc3c3cc(-n4c5ccc(-c6ccccc6)cc5c5cc(-c6ccccc6)ccc54)ccc32)cc1)c1ccc(-n2c3ccccc3c3cc(-n4c5ccc(-c6ccccc6)cc5c5cc(-c6ccccc6)ccc54)ccc32)cc1. The van der Waals surface area contributed by atoms with Crippen molar-refractivity contribution in [2.45, 2.75) is 9.79 Å². The zero-order valence-corrected chi connectivity index (χ0v) is 50.0. The fourth-order valence-electron chi connectivity index (χ4n) is 14.3. The second-order valence-corrected chi connectivity index (χ2v) is 25.6. The zero-order chi connectivity index (χ0) is 60.3. The average molecular weight is 1180 g/mol. The van der Waals surface area contributed by atoms with Crippen LogP contribution in [-0.2, 0) is 9.84 Å². The summed E-state index contributed by atoms with van der Waals surface area (Å²) >= 11 is 0. The maximum absolute atomic E-state index is 14.7. The third kappa shape index (κ3) is 8.43. The van der Waals surface area contributed by atoms with Crippen LogP contribution in [0.25, 0.3) is 154 Å². The number of rotatable bonds is 10. The maximum atomic E-state index is 14.7. The summed E-state index contributed by atoms with van der Waals surface area (Å²) in [5.41, 5.74) is 21.9. The van der Waals surface area contributed by atoms with Crippen LogP contribution in [0.4, 0.5) is 0 Å². The molecule has 0 saturated carbocycles. The Morgan fingerprint density at radius 2 is 0.407 bits per heavy atom. The number of para-hydroxylation sites is 2. The van der Waals surface area contributed by atoms with Gasteiger partial charge in [-0.3, -0.25) is 0 Å². The smallest absolute Gasteiger partial charge is 0.206 e. The van der Waals surface area contributed by atoms with Crippen LogP contribution in [0.15, 0.2) is 337 Å². The summed E-state index contributed by atoms with van der Waals surface area (Å²) in [5, 5.41) is 9.17. The number of hydrogen-bond donors (Lipinski definition) is 0. The average Bonchev–Trinajstić information content (AvgIpc) is 1.63. The zero-order valence-electron chi connectivity index (χ0n) is 49.2. The molecule has 4 heterocycles. The van der Waals surface area contributed by atoms with Gasteiger partial charge in [-0.15, -0.1) is 0 Å². The first-order valence-electron chi connectivity index (χ1n) is 30.8. The van der Waals surface area contributed by atoms with Crippen molar-refractivity contribution < 1.29 is 8.42 Å². The fourth-order valence-corrected chi connectivity index (χ4v) is 15.5. The molecule has 0 amide bonds. The number of benzene rings is 14. The number of hydrogen-bond acceptors (Lipinski definition) is 2. The quantitative estimate of drug-likeness (QED) is 0.137. The van der Waals surface area contributed by atoms with Gasteiger partial charge in [-0.2, -0.15) is 0 Å². The summed E-state index contributed by atoms with van der Waals surface area (Å²) in [6.07, 6.45) is 0. The fraction of sp³-hybridized carbons (Fsp3) is 0. The number of fused-ring (bicyclic) bond motifs is 12. The van der Waals surface area contributed by atoms with Gasteiger partial charge in [-0.1, -0.05) is 182 Å². The molecule has 0 unspecified atom stereocenters. The molecule has 0 aliphatic heterocycles. The van der Waals surface area contributed by atoms with Gasteiger partial charge < -0.3 is 18.3 Å². The molecule has 0 aliphatic rings. The molecule has 0 bridgehead atoms. The van der Waals surface area contributed by atoms with Crippen LogP contribution in [0, 0.1) is 0 Å². The summed E-state index contributed by atoms with van der Waals surface area (Å²) in [7, 11) is -3.91. The van der Waals surface area contributed by atoms with E-state index in [1.165, 1.54) is 66.1 Å². The highest BCUT2D eigenvalue weighted by molar-refractivity contribution is 7.91. The van der Waals surface area contributed by atoms with Gasteiger partial charge in [0.25, 0.3) is 0 Å². The molecule has 0 radical (unpaired) electrons. The Morgan fingerprint density at radius 3 is 0.714 bits per heavy atom. The highest BCUT2D eigenvalue weighted by Crippen LogP contribution is 2.43. The Morgan fingerprint density at radius 1 is 0.176 bits per heavy atom. The van der Waals surface area contributed by atoms with Crippen LogP contribution in [0.5, 0.6) is 0 Å². The van der Waals surface area contributed by atoms with Crippen molar-refractivity contribution in [3.8, 4) is 67.3 Å². The molecule has 0 atom stereocenters. The van der Waals surface area contributed by atoms with E-state index in [0.29, 0.717) is 0 Å². The second-order valence-electron chi connectivity index (χ2n) is 23.7. The van der Waals surface area contributed by atoms with E-state index in [-0.39, 0.29) is 9.79 Å². The van der Waals surface area contributed by atoms with E-state index in [2.05, 4.69) is 297 Å². The summed E-state index contributed by atoms with van der Waals surface area (Å²) in [6.45, 7) is 0. The largest absolute Gasteiger partial charge is 0.309 e. The van der Waals surface area contributed by atoms with Crippen LogP contribution in [0.1, 0.15) is 0 Å². The Hall–Kier alpha value is -11.8. The van der Waals surface area contributed by atoms with Crippen molar-refractivity contribution in [1.82, 2.24) is 18.3 Å². The molecule has 0 N–H and O–H groups in total. The van der Waals surface area contributed by atoms with Crippen LogP contribution < -0.4 is 0 Å². The molecule has 14 aromatic carbocycles. The van der Waals surface area contributed by atoms with Gasteiger partial charge in [0.2, 0.25) is 9.84 Å². The second kappa shape index (κ2) is 20.7. The van der Waals surface area contributed by atoms with Gasteiger partial charge in [-0.25, -0.2) is 8.42 Å². The minimum Gasteiger partial charge on any atom is -0.309 e. The third-order valence-electron chi connectivity index (χ3n) is 18.6. The molecule has 0 fully saturated rings. The number of sulfone groups is 1. The molecular weight excluding hydrogens is 1130 g/mol. The van der Waals surface area contributed by atoms with Gasteiger partial charge in [0.05, 0.1) is 53.9 Å². The third-order valence-corrected chi connectivity index (χ3v) is 20.4. The van der Waals surface area contributed by atoms with Gasteiger partial charge in [0.15, 0.2) is 0 Å². The Bertz CT molecular complexity index is 5480. The van der Waals surface area contributed by atoms with E-state index >= 15 is 0 Å². The predicted molar refractivity (Wildman–Crippen MR) is 377 cm³/mol. The van der Waals surface area contributed by atoms with Crippen LogP contribution in [0.3, 0.4) is 0 Å². The summed E-state index contributed by atoms with van der Waals surface area (Å²) in [5.74, 6) is 0. The van der Waals surface area contributed by atoms with E-state index in [0.717, 1.165) is 88.4 Å². The molecular formula is C84H54N4O2S. The normalized spacial score (nSPS) is 12.0. The van der Waals surface area contributed by atoms with E-state index in [4.69, 9.17) is 0 Å². The van der Waals surface area contributed by atoms with Gasteiger partial charge in [0, 0.05) is 65.8 Å². The van der Waals surface area contributed by atoms with Gasteiger partial charge in [-0.05, 0) is 190 Å². The predicted octanol–water partition coefficient (Wildman–Crippen LogP) is 21.6. The van der Waals surface area contributed by atoms with Crippen LogP contribution in [0.2, 0.25) is 0 Å². The summed E-state index contributed by atoms with van der Waals surface area (Å²) in [6, 6.07) is 115. The molecule has 4 aromatic heterocycles. The maximum Gasteiger partial charge on any atom is 0.206 e.